The fraction of sp³-hybridized carbons (Fsp3) is 0.444. The molecule has 0 aliphatic carbocycles. The number of hydrogen-bond acceptors (Lipinski definition) is 6. The molecule has 3 aliphatic rings. The molecule has 4 rings (SSSR count). The van der Waals surface area contributed by atoms with E-state index in [1.807, 2.05) is 0 Å². The van der Waals surface area contributed by atoms with E-state index in [9.17, 15) is 19.2 Å². The summed E-state index contributed by atoms with van der Waals surface area (Å²) in [6.45, 7) is 1.36. The van der Waals surface area contributed by atoms with Gasteiger partial charge in [-0.1, -0.05) is 6.07 Å². The second-order valence-corrected chi connectivity index (χ2v) is 6.73. The van der Waals surface area contributed by atoms with Crippen molar-refractivity contribution in [3.05, 3.63) is 29.3 Å². The first-order valence-electron chi connectivity index (χ1n) is 8.77. The van der Waals surface area contributed by atoms with Crippen LogP contribution in [0.2, 0.25) is 0 Å². The molecule has 4 amide bonds. The molecule has 2 unspecified atom stereocenters. The highest BCUT2D eigenvalue weighted by molar-refractivity contribution is 6.24. The molecule has 2 atom stereocenters. The van der Waals surface area contributed by atoms with Gasteiger partial charge in [0.2, 0.25) is 11.8 Å². The smallest absolute Gasteiger partial charge is 0.266 e. The third-order valence-corrected chi connectivity index (χ3v) is 5.03. The van der Waals surface area contributed by atoms with Gasteiger partial charge in [0, 0.05) is 12.5 Å². The predicted molar refractivity (Wildman–Crippen MR) is 89.6 cm³/mol. The molecule has 2 saturated heterocycles. The van der Waals surface area contributed by atoms with Crippen molar-refractivity contribution in [2.24, 2.45) is 0 Å². The minimum Gasteiger partial charge on any atom is -0.491 e. The SMILES string of the molecule is O=C1CCC(N2C(=O)c3cccc(OCC4CCCN4)c3C2=O)C(=O)N1. The first kappa shape index (κ1) is 16.7. The Morgan fingerprint density at radius 3 is 2.69 bits per heavy atom. The average molecular weight is 357 g/mol. The summed E-state index contributed by atoms with van der Waals surface area (Å²) in [6.07, 6.45) is 2.32. The van der Waals surface area contributed by atoms with Gasteiger partial charge in [0.15, 0.2) is 0 Å². The van der Waals surface area contributed by atoms with E-state index < -0.39 is 29.7 Å². The quantitative estimate of drug-likeness (QED) is 0.747. The molecule has 2 N–H and O–H groups in total. The second-order valence-electron chi connectivity index (χ2n) is 6.73. The van der Waals surface area contributed by atoms with Gasteiger partial charge in [0.25, 0.3) is 11.8 Å². The number of carbonyl (C=O) groups excluding carboxylic acids is 4. The van der Waals surface area contributed by atoms with E-state index in [1.54, 1.807) is 18.2 Å². The van der Waals surface area contributed by atoms with Crippen molar-refractivity contribution in [1.82, 2.24) is 15.5 Å². The topological polar surface area (TPSA) is 105 Å². The molecular formula is C18H19N3O5. The summed E-state index contributed by atoms with van der Waals surface area (Å²) in [7, 11) is 0. The number of benzene rings is 1. The summed E-state index contributed by atoms with van der Waals surface area (Å²) in [6, 6.07) is 4.14. The summed E-state index contributed by atoms with van der Waals surface area (Å²) in [5, 5.41) is 5.50. The van der Waals surface area contributed by atoms with Gasteiger partial charge in [-0.3, -0.25) is 29.4 Å². The lowest BCUT2D eigenvalue weighted by molar-refractivity contribution is -0.136. The van der Waals surface area contributed by atoms with Crippen molar-refractivity contribution in [3.63, 3.8) is 0 Å². The van der Waals surface area contributed by atoms with E-state index in [4.69, 9.17) is 4.74 Å². The first-order valence-corrected chi connectivity index (χ1v) is 8.77. The maximum atomic E-state index is 12.9. The largest absolute Gasteiger partial charge is 0.491 e. The molecule has 3 aliphatic heterocycles. The molecule has 2 fully saturated rings. The zero-order valence-corrected chi connectivity index (χ0v) is 14.1. The maximum Gasteiger partial charge on any atom is 0.266 e. The summed E-state index contributed by atoms with van der Waals surface area (Å²) >= 11 is 0. The number of ether oxygens (including phenoxy) is 1. The molecule has 8 heteroatoms. The number of imide groups is 2. The first-order chi connectivity index (χ1) is 12.6. The highest BCUT2D eigenvalue weighted by Crippen LogP contribution is 2.33. The van der Waals surface area contributed by atoms with Crippen LogP contribution in [-0.4, -0.2) is 53.8 Å². The van der Waals surface area contributed by atoms with Crippen LogP contribution in [0.25, 0.3) is 0 Å². The van der Waals surface area contributed by atoms with Crippen molar-refractivity contribution in [1.29, 1.82) is 0 Å². The van der Waals surface area contributed by atoms with E-state index in [-0.39, 0.29) is 30.0 Å². The fourth-order valence-corrected chi connectivity index (χ4v) is 3.69. The highest BCUT2D eigenvalue weighted by atomic mass is 16.5. The fourth-order valence-electron chi connectivity index (χ4n) is 3.69. The number of rotatable bonds is 4. The Morgan fingerprint density at radius 1 is 1.12 bits per heavy atom. The summed E-state index contributed by atoms with van der Waals surface area (Å²) in [4.78, 5) is 50.0. The van der Waals surface area contributed by atoms with Gasteiger partial charge in [0.1, 0.15) is 18.4 Å². The van der Waals surface area contributed by atoms with E-state index in [0.29, 0.717) is 12.4 Å². The van der Waals surface area contributed by atoms with Crippen molar-refractivity contribution in [3.8, 4) is 5.75 Å². The number of carbonyl (C=O) groups is 4. The summed E-state index contributed by atoms with van der Waals surface area (Å²) in [5.74, 6) is -1.73. The Hall–Kier alpha value is -2.74. The van der Waals surface area contributed by atoms with Crippen LogP contribution < -0.4 is 15.4 Å². The van der Waals surface area contributed by atoms with Crippen LogP contribution in [0.3, 0.4) is 0 Å². The molecule has 1 aromatic carbocycles. The third kappa shape index (κ3) is 2.76. The lowest BCUT2D eigenvalue weighted by Crippen LogP contribution is -2.54. The lowest BCUT2D eigenvalue weighted by Gasteiger charge is -2.27. The molecule has 3 heterocycles. The van der Waals surface area contributed by atoms with Crippen molar-refractivity contribution < 1.29 is 23.9 Å². The molecule has 1 aromatic rings. The van der Waals surface area contributed by atoms with E-state index in [1.165, 1.54) is 0 Å². The summed E-state index contributed by atoms with van der Waals surface area (Å²) < 4.78 is 5.81. The number of amides is 4. The van der Waals surface area contributed by atoms with Crippen LogP contribution in [0.4, 0.5) is 0 Å². The molecule has 0 bridgehead atoms. The van der Waals surface area contributed by atoms with Crippen LogP contribution in [-0.2, 0) is 9.59 Å². The number of hydrogen-bond donors (Lipinski definition) is 2. The number of nitrogens with one attached hydrogen (secondary N) is 2. The minimum atomic E-state index is -0.968. The normalized spacial score (nSPS) is 25.5. The molecule has 0 radical (unpaired) electrons. The molecule has 0 saturated carbocycles. The number of fused-ring (bicyclic) bond motifs is 1. The van der Waals surface area contributed by atoms with E-state index >= 15 is 0 Å². The van der Waals surface area contributed by atoms with E-state index in [0.717, 1.165) is 24.3 Å². The van der Waals surface area contributed by atoms with Crippen molar-refractivity contribution in [2.75, 3.05) is 13.2 Å². The second kappa shape index (κ2) is 6.53. The monoisotopic (exact) mass is 357 g/mol. The number of nitrogens with zero attached hydrogens (tertiary/aromatic N) is 1. The molecular weight excluding hydrogens is 338 g/mol. The van der Waals surface area contributed by atoms with Crippen LogP contribution >= 0.6 is 0 Å². The Labute approximate surface area is 149 Å². The maximum absolute atomic E-state index is 12.9. The zero-order chi connectivity index (χ0) is 18.3. The van der Waals surface area contributed by atoms with Crippen LogP contribution in [0.5, 0.6) is 5.75 Å². The van der Waals surface area contributed by atoms with Crippen LogP contribution in [0.1, 0.15) is 46.4 Å². The Bertz CT molecular complexity index is 800. The zero-order valence-electron chi connectivity index (χ0n) is 14.1. The standard InChI is InChI=1S/C18H19N3O5/c22-14-7-6-12(16(23)20-14)21-17(24)11-4-1-5-13(15(11)18(21)25)26-9-10-3-2-8-19-10/h1,4-5,10,12,19H,2-3,6-9H2,(H,20,22,23). The van der Waals surface area contributed by atoms with Crippen LogP contribution in [0, 0.1) is 0 Å². The van der Waals surface area contributed by atoms with Gasteiger partial charge in [-0.2, -0.15) is 0 Å². The highest BCUT2D eigenvalue weighted by Gasteiger charge is 2.46. The molecule has 0 spiro atoms. The molecule has 136 valence electrons. The van der Waals surface area contributed by atoms with Gasteiger partial charge < -0.3 is 10.1 Å². The van der Waals surface area contributed by atoms with Gasteiger partial charge in [0.05, 0.1) is 11.1 Å². The Balaban J connectivity index is 1.58. The van der Waals surface area contributed by atoms with Gasteiger partial charge in [-0.15, -0.1) is 0 Å². The van der Waals surface area contributed by atoms with Crippen LogP contribution in [0.15, 0.2) is 18.2 Å². The van der Waals surface area contributed by atoms with E-state index in [2.05, 4.69) is 10.6 Å². The third-order valence-electron chi connectivity index (χ3n) is 5.03. The predicted octanol–water partition coefficient (Wildman–Crippen LogP) is 0.219. The van der Waals surface area contributed by atoms with Gasteiger partial charge in [-0.25, -0.2) is 0 Å². The average Bonchev–Trinajstić information content (AvgIpc) is 3.22. The molecule has 8 nitrogen and oxygen atoms in total. The van der Waals surface area contributed by atoms with Gasteiger partial charge in [-0.05, 0) is 37.9 Å². The Morgan fingerprint density at radius 2 is 1.96 bits per heavy atom. The Kier molecular flexibility index (Phi) is 4.20. The minimum absolute atomic E-state index is 0.0977. The van der Waals surface area contributed by atoms with Gasteiger partial charge >= 0.3 is 0 Å². The van der Waals surface area contributed by atoms with Crippen molar-refractivity contribution in [2.45, 2.75) is 37.8 Å². The summed E-state index contributed by atoms with van der Waals surface area (Å²) in [5.41, 5.74) is 0.428. The molecule has 0 aromatic heterocycles. The number of piperidine rings is 1. The lowest BCUT2D eigenvalue weighted by atomic mass is 10.0. The molecule has 26 heavy (non-hydrogen) atoms. The van der Waals surface area contributed by atoms with Crippen molar-refractivity contribution >= 4 is 23.6 Å².